The summed E-state index contributed by atoms with van der Waals surface area (Å²) in [4.78, 5) is 0.0617. The SMILES string of the molecule is CCn1cc(S(=O)(=O)NCCSC(F)(F)F)cc1CNC. The lowest BCUT2D eigenvalue weighted by molar-refractivity contribution is -0.0327. The number of rotatable bonds is 8. The van der Waals surface area contributed by atoms with Gasteiger partial charge < -0.3 is 9.88 Å². The molecule has 0 saturated carbocycles. The van der Waals surface area contributed by atoms with Gasteiger partial charge in [-0.15, -0.1) is 0 Å². The fourth-order valence-electron chi connectivity index (χ4n) is 1.72. The first-order valence-electron chi connectivity index (χ1n) is 6.23. The average molecular weight is 345 g/mol. The summed E-state index contributed by atoms with van der Waals surface area (Å²) >= 11 is -0.252. The Labute approximate surface area is 126 Å². The van der Waals surface area contributed by atoms with Gasteiger partial charge in [-0.1, -0.05) is 0 Å². The summed E-state index contributed by atoms with van der Waals surface area (Å²) in [7, 11) is -2.04. The molecule has 0 amide bonds. The molecule has 0 radical (unpaired) electrons. The number of thioether (sulfide) groups is 1. The van der Waals surface area contributed by atoms with E-state index >= 15 is 0 Å². The fraction of sp³-hybridized carbons (Fsp3) is 0.636. The van der Waals surface area contributed by atoms with Gasteiger partial charge in [-0.25, -0.2) is 13.1 Å². The molecule has 0 aromatic carbocycles. The maximum atomic E-state index is 12.0. The van der Waals surface area contributed by atoms with Crippen molar-refractivity contribution < 1.29 is 21.6 Å². The van der Waals surface area contributed by atoms with Crippen molar-refractivity contribution in [3.63, 3.8) is 0 Å². The van der Waals surface area contributed by atoms with Crippen LogP contribution >= 0.6 is 11.8 Å². The molecule has 0 aliphatic heterocycles. The second-order valence-electron chi connectivity index (χ2n) is 4.18. The van der Waals surface area contributed by atoms with Gasteiger partial charge in [0.05, 0.1) is 4.90 Å². The minimum absolute atomic E-state index is 0.0617. The van der Waals surface area contributed by atoms with E-state index in [9.17, 15) is 21.6 Å². The van der Waals surface area contributed by atoms with Crippen LogP contribution in [0.1, 0.15) is 12.6 Å². The van der Waals surface area contributed by atoms with E-state index in [1.807, 2.05) is 6.92 Å². The average Bonchev–Trinajstić information content (AvgIpc) is 2.78. The summed E-state index contributed by atoms with van der Waals surface area (Å²) in [5, 5.41) is 2.93. The van der Waals surface area contributed by atoms with Crippen LogP contribution in [-0.4, -0.2) is 37.8 Å². The largest absolute Gasteiger partial charge is 0.441 e. The van der Waals surface area contributed by atoms with Gasteiger partial charge >= 0.3 is 5.51 Å². The van der Waals surface area contributed by atoms with E-state index in [2.05, 4.69) is 10.0 Å². The van der Waals surface area contributed by atoms with E-state index in [1.54, 1.807) is 11.6 Å². The molecule has 0 aliphatic rings. The zero-order valence-corrected chi connectivity index (χ0v) is 13.3. The van der Waals surface area contributed by atoms with E-state index < -0.39 is 15.5 Å². The monoisotopic (exact) mass is 345 g/mol. The number of halogens is 3. The maximum absolute atomic E-state index is 12.0. The molecule has 0 saturated heterocycles. The van der Waals surface area contributed by atoms with Crippen LogP contribution in [0.3, 0.4) is 0 Å². The number of hydrogen-bond donors (Lipinski definition) is 2. The van der Waals surface area contributed by atoms with Gasteiger partial charge in [0.1, 0.15) is 0 Å². The number of aryl methyl sites for hydroxylation is 1. The van der Waals surface area contributed by atoms with Crippen molar-refractivity contribution in [2.24, 2.45) is 0 Å². The first-order valence-corrected chi connectivity index (χ1v) is 8.70. The van der Waals surface area contributed by atoms with Crippen LogP contribution in [0.25, 0.3) is 0 Å². The Hall–Kier alpha value is -0.710. The van der Waals surface area contributed by atoms with Crippen molar-refractivity contribution in [2.75, 3.05) is 19.3 Å². The highest BCUT2D eigenvalue weighted by atomic mass is 32.2. The van der Waals surface area contributed by atoms with Gasteiger partial charge in [0, 0.05) is 37.3 Å². The maximum Gasteiger partial charge on any atom is 0.441 e. The summed E-state index contributed by atoms with van der Waals surface area (Å²) in [6.07, 6.45) is 1.48. The fourth-order valence-corrected chi connectivity index (χ4v) is 3.38. The van der Waals surface area contributed by atoms with Crippen LogP contribution in [-0.2, 0) is 23.1 Å². The van der Waals surface area contributed by atoms with E-state index in [0.717, 1.165) is 5.69 Å². The predicted molar refractivity (Wildman–Crippen MR) is 76.6 cm³/mol. The summed E-state index contributed by atoms with van der Waals surface area (Å²) in [5.41, 5.74) is -3.55. The summed E-state index contributed by atoms with van der Waals surface area (Å²) in [5.74, 6) is -0.361. The molecule has 21 heavy (non-hydrogen) atoms. The van der Waals surface area contributed by atoms with Crippen molar-refractivity contribution in [3.05, 3.63) is 18.0 Å². The van der Waals surface area contributed by atoms with Gasteiger partial charge in [0.2, 0.25) is 10.0 Å². The summed E-state index contributed by atoms with van der Waals surface area (Å²) in [6, 6.07) is 1.51. The molecule has 122 valence electrons. The van der Waals surface area contributed by atoms with Crippen LogP contribution in [0.2, 0.25) is 0 Å². The van der Waals surface area contributed by atoms with Crippen LogP contribution in [0.5, 0.6) is 0 Å². The Morgan fingerprint density at radius 3 is 2.57 bits per heavy atom. The molecule has 10 heteroatoms. The molecule has 0 bridgehead atoms. The quantitative estimate of drug-likeness (QED) is 0.705. The first-order chi connectivity index (χ1) is 9.69. The highest BCUT2D eigenvalue weighted by molar-refractivity contribution is 8.00. The van der Waals surface area contributed by atoms with E-state index in [0.29, 0.717) is 13.1 Å². The van der Waals surface area contributed by atoms with Crippen LogP contribution < -0.4 is 10.0 Å². The molecule has 1 rings (SSSR count). The number of sulfonamides is 1. The van der Waals surface area contributed by atoms with Gasteiger partial charge in [0.25, 0.3) is 0 Å². The number of aromatic nitrogens is 1. The Bertz CT molecular complexity index is 556. The van der Waals surface area contributed by atoms with Crippen molar-refractivity contribution in [1.29, 1.82) is 0 Å². The minimum atomic E-state index is -4.35. The Morgan fingerprint density at radius 1 is 1.38 bits per heavy atom. The standard InChI is InChI=1S/C11H18F3N3O2S2/c1-3-17-8-10(6-9(17)7-15-2)21(18,19)16-4-5-20-11(12,13)14/h6,8,15-16H,3-5,7H2,1-2H3. The third-order valence-electron chi connectivity index (χ3n) is 2.63. The molecule has 2 N–H and O–H groups in total. The van der Waals surface area contributed by atoms with E-state index in [4.69, 9.17) is 0 Å². The molecule has 0 unspecified atom stereocenters. The highest BCUT2D eigenvalue weighted by Crippen LogP contribution is 2.29. The number of alkyl halides is 3. The van der Waals surface area contributed by atoms with Crippen LogP contribution in [0.4, 0.5) is 13.2 Å². The summed E-state index contributed by atoms with van der Waals surface area (Å²) in [6.45, 7) is 2.72. The Morgan fingerprint density at radius 2 is 2.05 bits per heavy atom. The normalized spacial score (nSPS) is 12.8. The lowest BCUT2D eigenvalue weighted by atomic mass is 10.4. The minimum Gasteiger partial charge on any atom is -0.349 e. The highest BCUT2D eigenvalue weighted by Gasteiger charge is 2.28. The van der Waals surface area contributed by atoms with Crippen LogP contribution in [0.15, 0.2) is 17.2 Å². The zero-order chi connectivity index (χ0) is 16.1. The third-order valence-corrected chi connectivity index (χ3v) is 4.79. The van der Waals surface area contributed by atoms with Crippen molar-refractivity contribution in [3.8, 4) is 0 Å². The molecule has 0 spiro atoms. The van der Waals surface area contributed by atoms with E-state index in [-0.39, 0.29) is 29.0 Å². The van der Waals surface area contributed by atoms with Crippen molar-refractivity contribution in [1.82, 2.24) is 14.6 Å². The molecule has 1 heterocycles. The van der Waals surface area contributed by atoms with Crippen LogP contribution in [0, 0.1) is 0 Å². The molecule has 1 aromatic rings. The zero-order valence-electron chi connectivity index (χ0n) is 11.7. The lowest BCUT2D eigenvalue weighted by Gasteiger charge is -2.06. The van der Waals surface area contributed by atoms with Crippen molar-refractivity contribution >= 4 is 21.8 Å². The van der Waals surface area contributed by atoms with Crippen molar-refractivity contribution in [2.45, 2.75) is 30.4 Å². The summed E-state index contributed by atoms with van der Waals surface area (Å²) < 4.78 is 63.8. The Kier molecular flexibility index (Phi) is 6.57. The number of nitrogens with zero attached hydrogens (tertiary/aromatic N) is 1. The number of hydrogen-bond acceptors (Lipinski definition) is 4. The third kappa shape index (κ3) is 5.89. The molecule has 0 fully saturated rings. The lowest BCUT2D eigenvalue weighted by Crippen LogP contribution is -2.26. The Balaban J connectivity index is 2.70. The second kappa shape index (κ2) is 7.52. The molecule has 0 atom stereocenters. The second-order valence-corrected chi connectivity index (χ2v) is 7.10. The smallest absolute Gasteiger partial charge is 0.349 e. The predicted octanol–water partition coefficient (Wildman–Crippen LogP) is 1.76. The number of nitrogens with one attached hydrogen (secondary N) is 2. The molecule has 5 nitrogen and oxygen atoms in total. The molecular weight excluding hydrogens is 327 g/mol. The molecule has 1 aromatic heterocycles. The van der Waals surface area contributed by atoms with Gasteiger partial charge in [0.15, 0.2) is 0 Å². The van der Waals surface area contributed by atoms with E-state index in [1.165, 1.54) is 12.3 Å². The first kappa shape index (κ1) is 18.3. The topological polar surface area (TPSA) is 63.1 Å². The van der Waals surface area contributed by atoms with Gasteiger partial charge in [-0.05, 0) is 31.8 Å². The van der Waals surface area contributed by atoms with Gasteiger partial charge in [-0.2, -0.15) is 13.2 Å². The molecular formula is C11H18F3N3O2S2. The van der Waals surface area contributed by atoms with Gasteiger partial charge in [-0.3, -0.25) is 0 Å². The molecule has 0 aliphatic carbocycles.